The third-order valence-corrected chi connectivity index (χ3v) is 4.08. The number of aromatic nitrogens is 1. The SMILES string of the molecule is Cc1ccncc1CNC(=O)c1cccc(Br)c1Cl. The molecule has 19 heavy (non-hydrogen) atoms. The van der Waals surface area contributed by atoms with Gasteiger partial charge in [-0.3, -0.25) is 9.78 Å². The molecule has 0 bridgehead atoms. The number of halogens is 2. The third kappa shape index (κ3) is 3.33. The standard InChI is InChI=1S/C14H12BrClN2O/c1-9-5-6-17-7-10(9)8-18-14(19)11-3-2-4-12(15)13(11)16/h2-7H,8H2,1H3,(H,18,19). The van der Waals surface area contributed by atoms with Crippen molar-refractivity contribution in [1.29, 1.82) is 0 Å². The lowest BCUT2D eigenvalue weighted by atomic mass is 10.1. The first-order chi connectivity index (χ1) is 9.09. The van der Waals surface area contributed by atoms with E-state index in [1.807, 2.05) is 13.0 Å². The van der Waals surface area contributed by atoms with Crippen LogP contribution in [0.3, 0.4) is 0 Å². The van der Waals surface area contributed by atoms with E-state index in [0.29, 0.717) is 21.6 Å². The molecular formula is C14H12BrClN2O. The first-order valence-electron chi connectivity index (χ1n) is 5.71. The highest BCUT2D eigenvalue weighted by Gasteiger charge is 2.12. The molecule has 2 rings (SSSR count). The van der Waals surface area contributed by atoms with Crippen molar-refractivity contribution in [2.45, 2.75) is 13.5 Å². The van der Waals surface area contributed by atoms with E-state index in [-0.39, 0.29) is 5.91 Å². The highest BCUT2D eigenvalue weighted by atomic mass is 79.9. The van der Waals surface area contributed by atoms with Crippen molar-refractivity contribution < 1.29 is 4.79 Å². The van der Waals surface area contributed by atoms with Gasteiger partial charge in [-0.1, -0.05) is 17.7 Å². The molecule has 98 valence electrons. The maximum absolute atomic E-state index is 12.1. The Morgan fingerprint density at radius 3 is 2.95 bits per heavy atom. The van der Waals surface area contributed by atoms with Gasteiger partial charge in [0.25, 0.3) is 5.91 Å². The van der Waals surface area contributed by atoms with E-state index in [1.165, 1.54) is 0 Å². The number of aryl methyl sites for hydroxylation is 1. The zero-order valence-corrected chi connectivity index (χ0v) is 12.6. The van der Waals surface area contributed by atoms with Crippen LogP contribution in [0.2, 0.25) is 5.02 Å². The summed E-state index contributed by atoms with van der Waals surface area (Å²) in [7, 11) is 0. The van der Waals surface area contributed by atoms with Crippen molar-refractivity contribution >= 4 is 33.4 Å². The lowest BCUT2D eigenvalue weighted by molar-refractivity contribution is 0.0951. The first kappa shape index (κ1) is 14.0. The fourth-order valence-electron chi connectivity index (χ4n) is 1.63. The van der Waals surface area contributed by atoms with Gasteiger partial charge in [0.2, 0.25) is 0 Å². The van der Waals surface area contributed by atoms with Gasteiger partial charge in [0.1, 0.15) is 0 Å². The van der Waals surface area contributed by atoms with Gasteiger partial charge < -0.3 is 5.32 Å². The molecule has 0 unspecified atom stereocenters. The number of rotatable bonds is 3. The summed E-state index contributed by atoms with van der Waals surface area (Å²) in [6.45, 7) is 2.41. The van der Waals surface area contributed by atoms with Crippen molar-refractivity contribution in [3.63, 3.8) is 0 Å². The van der Waals surface area contributed by atoms with Gasteiger partial charge in [-0.15, -0.1) is 0 Å². The maximum Gasteiger partial charge on any atom is 0.253 e. The van der Waals surface area contributed by atoms with Crippen LogP contribution in [0.1, 0.15) is 21.5 Å². The molecule has 1 aromatic heterocycles. The Bertz CT molecular complexity index is 616. The molecule has 0 fully saturated rings. The first-order valence-corrected chi connectivity index (χ1v) is 6.88. The molecule has 0 saturated carbocycles. The van der Waals surface area contributed by atoms with Crippen LogP contribution < -0.4 is 5.32 Å². The Balaban J connectivity index is 2.10. The quantitative estimate of drug-likeness (QED) is 0.925. The van der Waals surface area contributed by atoms with Crippen molar-refractivity contribution in [3.8, 4) is 0 Å². The molecule has 0 radical (unpaired) electrons. The molecule has 0 spiro atoms. The second-order valence-electron chi connectivity index (χ2n) is 4.09. The molecular weight excluding hydrogens is 328 g/mol. The van der Waals surface area contributed by atoms with E-state index in [0.717, 1.165) is 11.1 Å². The van der Waals surface area contributed by atoms with Gasteiger partial charge in [-0.25, -0.2) is 0 Å². The molecule has 0 aliphatic rings. The largest absolute Gasteiger partial charge is 0.348 e. The predicted octanol–water partition coefficient (Wildman–Crippen LogP) is 3.74. The molecule has 1 amide bonds. The average molecular weight is 340 g/mol. The van der Waals surface area contributed by atoms with Crippen LogP contribution >= 0.6 is 27.5 Å². The second kappa shape index (κ2) is 6.17. The molecule has 0 atom stereocenters. The van der Waals surface area contributed by atoms with E-state index < -0.39 is 0 Å². The fraction of sp³-hybridized carbons (Fsp3) is 0.143. The molecule has 0 aliphatic carbocycles. The maximum atomic E-state index is 12.1. The lowest BCUT2D eigenvalue weighted by Crippen LogP contribution is -2.23. The molecule has 1 N–H and O–H groups in total. The van der Waals surface area contributed by atoms with Gasteiger partial charge in [0.05, 0.1) is 10.6 Å². The summed E-state index contributed by atoms with van der Waals surface area (Å²) in [5.41, 5.74) is 2.54. The molecule has 0 aliphatic heterocycles. The highest BCUT2D eigenvalue weighted by molar-refractivity contribution is 9.10. The number of carbonyl (C=O) groups excluding carboxylic acids is 1. The molecule has 5 heteroatoms. The Labute approximate surface area is 125 Å². The Hall–Kier alpha value is -1.39. The van der Waals surface area contributed by atoms with Crippen LogP contribution in [0.25, 0.3) is 0 Å². The Morgan fingerprint density at radius 2 is 2.21 bits per heavy atom. The number of nitrogens with one attached hydrogen (secondary N) is 1. The topological polar surface area (TPSA) is 42.0 Å². The van der Waals surface area contributed by atoms with Crippen LogP contribution in [0, 0.1) is 6.92 Å². The monoisotopic (exact) mass is 338 g/mol. The number of amides is 1. The number of hydrogen-bond donors (Lipinski definition) is 1. The zero-order valence-electron chi connectivity index (χ0n) is 10.3. The van der Waals surface area contributed by atoms with Crippen LogP contribution in [0.4, 0.5) is 0 Å². The van der Waals surface area contributed by atoms with E-state index in [4.69, 9.17) is 11.6 Å². The number of nitrogens with zero attached hydrogens (tertiary/aromatic N) is 1. The van der Waals surface area contributed by atoms with Crippen molar-refractivity contribution in [2.75, 3.05) is 0 Å². The summed E-state index contributed by atoms with van der Waals surface area (Å²) in [6, 6.07) is 7.18. The number of carbonyl (C=O) groups is 1. The summed E-state index contributed by atoms with van der Waals surface area (Å²) >= 11 is 9.38. The third-order valence-electron chi connectivity index (χ3n) is 2.78. The van der Waals surface area contributed by atoms with Crippen molar-refractivity contribution in [3.05, 3.63) is 62.8 Å². The van der Waals surface area contributed by atoms with E-state index in [1.54, 1.807) is 30.6 Å². The predicted molar refractivity (Wildman–Crippen MR) is 79.3 cm³/mol. The second-order valence-corrected chi connectivity index (χ2v) is 5.32. The fourth-order valence-corrected chi connectivity index (χ4v) is 2.21. The average Bonchev–Trinajstić information content (AvgIpc) is 2.40. The minimum atomic E-state index is -0.199. The van der Waals surface area contributed by atoms with Crippen LogP contribution in [-0.2, 0) is 6.54 Å². The van der Waals surface area contributed by atoms with Crippen LogP contribution in [-0.4, -0.2) is 10.9 Å². The molecule has 0 saturated heterocycles. The van der Waals surface area contributed by atoms with E-state index >= 15 is 0 Å². The Morgan fingerprint density at radius 1 is 1.42 bits per heavy atom. The van der Waals surface area contributed by atoms with Gasteiger partial charge in [-0.05, 0) is 52.2 Å². The number of pyridine rings is 1. The smallest absolute Gasteiger partial charge is 0.253 e. The zero-order chi connectivity index (χ0) is 13.8. The van der Waals surface area contributed by atoms with Crippen molar-refractivity contribution in [2.24, 2.45) is 0 Å². The Kier molecular flexibility index (Phi) is 4.56. The molecule has 1 heterocycles. The summed E-state index contributed by atoms with van der Waals surface area (Å²) in [5.74, 6) is -0.199. The molecule has 2 aromatic rings. The molecule has 3 nitrogen and oxygen atoms in total. The minimum absolute atomic E-state index is 0.199. The number of benzene rings is 1. The van der Waals surface area contributed by atoms with Gasteiger partial charge in [-0.2, -0.15) is 0 Å². The van der Waals surface area contributed by atoms with E-state index in [9.17, 15) is 4.79 Å². The molecule has 1 aromatic carbocycles. The van der Waals surface area contributed by atoms with Crippen LogP contribution in [0.15, 0.2) is 41.1 Å². The van der Waals surface area contributed by atoms with Gasteiger partial charge in [0.15, 0.2) is 0 Å². The van der Waals surface area contributed by atoms with Crippen LogP contribution in [0.5, 0.6) is 0 Å². The summed E-state index contributed by atoms with van der Waals surface area (Å²) in [6.07, 6.45) is 3.48. The summed E-state index contributed by atoms with van der Waals surface area (Å²) in [4.78, 5) is 16.1. The highest BCUT2D eigenvalue weighted by Crippen LogP contribution is 2.25. The summed E-state index contributed by atoms with van der Waals surface area (Å²) < 4.78 is 0.708. The summed E-state index contributed by atoms with van der Waals surface area (Å²) in [5, 5.41) is 3.26. The van der Waals surface area contributed by atoms with Gasteiger partial charge >= 0.3 is 0 Å². The lowest BCUT2D eigenvalue weighted by Gasteiger charge is -2.09. The van der Waals surface area contributed by atoms with E-state index in [2.05, 4.69) is 26.2 Å². The van der Waals surface area contributed by atoms with Gasteiger partial charge in [0, 0.05) is 23.4 Å². The number of hydrogen-bond acceptors (Lipinski definition) is 2. The normalized spacial score (nSPS) is 10.3. The van der Waals surface area contributed by atoms with Crippen molar-refractivity contribution in [1.82, 2.24) is 10.3 Å². The minimum Gasteiger partial charge on any atom is -0.348 e.